The van der Waals surface area contributed by atoms with Gasteiger partial charge in [-0.25, -0.2) is 23.7 Å². The van der Waals surface area contributed by atoms with Crippen molar-refractivity contribution in [3.8, 4) is 28.3 Å². The van der Waals surface area contributed by atoms with Crippen molar-refractivity contribution in [2.45, 2.75) is 13.5 Å². The molecular weight excluding hydrogens is 454 g/mol. The number of oxazole rings is 1. The lowest BCUT2D eigenvalue weighted by Crippen LogP contribution is -2.12. The van der Waals surface area contributed by atoms with E-state index in [4.69, 9.17) is 14.9 Å². The summed E-state index contributed by atoms with van der Waals surface area (Å²) in [5.41, 5.74) is 9.00. The van der Waals surface area contributed by atoms with Crippen LogP contribution in [-0.4, -0.2) is 33.2 Å². The van der Waals surface area contributed by atoms with E-state index in [0.717, 1.165) is 16.8 Å². The molecule has 0 saturated heterocycles. The summed E-state index contributed by atoms with van der Waals surface area (Å²) in [6, 6.07) is 12.4. The van der Waals surface area contributed by atoms with E-state index in [1.165, 1.54) is 19.5 Å². The van der Waals surface area contributed by atoms with Gasteiger partial charge in [-0.1, -0.05) is 24.3 Å². The van der Waals surface area contributed by atoms with E-state index in [0.29, 0.717) is 35.9 Å². The monoisotopic (exact) mass is 476 g/mol. The maximum atomic E-state index is 14.9. The highest BCUT2D eigenvalue weighted by Crippen LogP contribution is 2.34. The van der Waals surface area contributed by atoms with Gasteiger partial charge in [0.05, 0.1) is 35.6 Å². The second-order valence-corrected chi connectivity index (χ2v) is 7.88. The van der Waals surface area contributed by atoms with E-state index < -0.39 is 11.6 Å². The van der Waals surface area contributed by atoms with Gasteiger partial charge in [-0.2, -0.15) is 0 Å². The van der Waals surface area contributed by atoms with Crippen LogP contribution >= 0.6 is 0 Å². The predicted molar refractivity (Wildman–Crippen MR) is 129 cm³/mol. The second-order valence-electron chi connectivity index (χ2n) is 7.88. The lowest BCUT2D eigenvalue weighted by atomic mass is 10.1. The highest BCUT2D eigenvalue weighted by atomic mass is 19.1. The first-order valence-corrected chi connectivity index (χ1v) is 10.8. The number of nitrogens with zero attached hydrogens (tertiary/aromatic N) is 4. The summed E-state index contributed by atoms with van der Waals surface area (Å²) in [4.78, 5) is 12.5. The van der Waals surface area contributed by atoms with Gasteiger partial charge in [0.25, 0.3) is 6.01 Å². The Morgan fingerprint density at radius 2 is 1.83 bits per heavy atom. The van der Waals surface area contributed by atoms with Gasteiger partial charge in [0, 0.05) is 30.3 Å². The number of nitrogen functional groups attached to an aromatic ring is 1. The van der Waals surface area contributed by atoms with Gasteiger partial charge < -0.3 is 24.8 Å². The third kappa shape index (κ3) is 4.14. The summed E-state index contributed by atoms with van der Waals surface area (Å²) in [5, 5.41) is 3.39. The number of halogens is 2. The molecule has 0 bridgehead atoms. The SMILES string of the molecule is COc1c(F)ccc2c1c(F)c(C)n2CCNc1cc(-c2ccc(-c3cnc(N)o3)cc2)ncn1. The van der Waals surface area contributed by atoms with Crippen molar-refractivity contribution in [2.24, 2.45) is 0 Å². The molecule has 0 saturated carbocycles. The maximum Gasteiger partial charge on any atom is 0.292 e. The first-order chi connectivity index (χ1) is 17.0. The largest absolute Gasteiger partial charge is 0.493 e. The molecule has 3 aromatic heterocycles. The number of nitrogens with one attached hydrogen (secondary N) is 1. The lowest BCUT2D eigenvalue weighted by molar-refractivity contribution is 0.390. The molecule has 0 spiro atoms. The molecule has 8 nitrogen and oxygen atoms in total. The Bertz CT molecular complexity index is 1510. The number of rotatable bonds is 7. The van der Waals surface area contributed by atoms with Gasteiger partial charge in [-0.3, -0.25) is 0 Å². The lowest BCUT2D eigenvalue weighted by Gasteiger charge is -2.11. The Labute approximate surface area is 199 Å². The van der Waals surface area contributed by atoms with E-state index in [1.54, 1.807) is 23.8 Å². The molecule has 0 aliphatic carbocycles. The number of anilines is 2. The van der Waals surface area contributed by atoms with Gasteiger partial charge in [0.15, 0.2) is 23.1 Å². The van der Waals surface area contributed by atoms with Gasteiger partial charge >= 0.3 is 0 Å². The number of ether oxygens (including phenoxy) is 1. The van der Waals surface area contributed by atoms with Crippen LogP contribution in [0.5, 0.6) is 5.75 Å². The van der Waals surface area contributed by atoms with Gasteiger partial charge in [0.1, 0.15) is 12.1 Å². The van der Waals surface area contributed by atoms with Crippen molar-refractivity contribution in [1.29, 1.82) is 0 Å². The van der Waals surface area contributed by atoms with E-state index in [2.05, 4.69) is 20.3 Å². The summed E-state index contributed by atoms with van der Waals surface area (Å²) in [5.74, 6) is 0.0369. The van der Waals surface area contributed by atoms with Gasteiger partial charge in [0.2, 0.25) is 0 Å². The second kappa shape index (κ2) is 9.05. The first kappa shape index (κ1) is 22.3. The van der Waals surface area contributed by atoms with Crippen molar-refractivity contribution >= 4 is 22.7 Å². The topological polar surface area (TPSA) is 104 Å². The summed E-state index contributed by atoms with van der Waals surface area (Å²) in [7, 11) is 1.33. The highest BCUT2D eigenvalue weighted by Gasteiger charge is 2.20. The van der Waals surface area contributed by atoms with Gasteiger partial charge in [-0.05, 0) is 19.1 Å². The Hall–Kier alpha value is -4.47. The molecule has 0 radical (unpaired) electrons. The fraction of sp³-hybridized carbons (Fsp3) is 0.160. The standard InChI is InChI=1S/C25H22F2N6O2/c1-14-23(27)22-19(8-7-17(26)24(22)34-2)33(14)10-9-29-21-11-18(31-13-32-21)15-3-5-16(6-4-15)20-12-30-25(28)35-20/h3-8,11-13H,9-10H2,1-2H3,(H2,28,30)(H,29,31,32). The minimum absolute atomic E-state index is 0.0898. The molecule has 0 unspecified atom stereocenters. The number of aromatic nitrogens is 4. The number of fused-ring (bicyclic) bond motifs is 1. The van der Waals surface area contributed by atoms with E-state index >= 15 is 0 Å². The molecule has 0 atom stereocenters. The maximum absolute atomic E-state index is 14.9. The van der Waals surface area contributed by atoms with Crippen molar-refractivity contribution in [3.63, 3.8) is 0 Å². The van der Waals surface area contributed by atoms with Crippen LogP contribution in [0.3, 0.4) is 0 Å². The molecule has 2 aromatic carbocycles. The smallest absolute Gasteiger partial charge is 0.292 e. The van der Waals surface area contributed by atoms with Crippen molar-refractivity contribution < 1.29 is 17.9 Å². The number of nitrogens with two attached hydrogens (primary N) is 1. The minimum atomic E-state index is -0.597. The molecule has 0 amide bonds. The zero-order valence-corrected chi connectivity index (χ0v) is 19.0. The molecule has 3 N–H and O–H groups in total. The van der Waals surface area contributed by atoms with E-state index in [1.807, 2.05) is 30.3 Å². The van der Waals surface area contributed by atoms with E-state index in [9.17, 15) is 8.78 Å². The molecule has 5 aromatic rings. The van der Waals surface area contributed by atoms with Crippen molar-refractivity contribution in [1.82, 2.24) is 19.5 Å². The molecule has 178 valence electrons. The third-order valence-corrected chi connectivity index (χ3v) is 5.82. The van der Waals surface area contributed by atoms with E-state index in [-0.39, 0.29) is 17.2 Å². The van der Waals surface area contributed by atoms with Crippen LogP contribution < -0.4 is 15.8 Å². The normalized spacial score (nSPS) is 11.2. The molecule has 0 fully saturated rings. The van der Waals surface area contributed by atoms with Crippen LogP contribution in [0.4, 0.5) is 20.6 Å². The molecular formula is C25H22F2N6O2. The highest BCUT2D eigenvalue weighted by molar-refractivity contribution is 5.88. The molecule has 35 heavy (non-hydrogen) atoms. The minimum Gasteiger partial charge on any atom is -0.493 e. The zero-order valence-electron chi connectivity index (χ0n) is 19.0. The van der Waals surface area contributed by atoms with Gasteiger partial charge in [-0.15, -0.1) is 0 Å². The van der Waals surface area contributed by atoms with Crippen LogP contribution in [0.1, 0.15) is 5.69 Å². The first-order valence-electron chi connectivity index (χ1n) is 10.8. The number of hydrogen-bond acceptors (Lipinski definition) is 7. The molecule has 3 heterocycles. The molecule has 0 aliphatic heterocycles. The summed E-state index contributed by atoms with van der Waals surface area (Å²) in [6.45, 7) is 2.56. The van der Waals surface area contributed by atoms with Crippen LogP contribution in [0.25, 0.3) is 33.5 Å². The Morgan fingerprint density at radius 1 is 1.06 bits per heavy atom. The quantitative estimate of drug-likeness (QED) is 0.339. The Balaban J connectivity index is 1.31. The van der Waals surface area contributed by atoms with Crippen LogP contribution in [0, 0.1) is 18.6 Å². The molecule has 0 aliphatic rings. The number of hydrogen-bond donors (Lipinski definition) is 2. The summed E-state index contributed by atoms with van der Waals surface area (Å²) in [6.07, 6.45) is 3.05. The van der Waals surface area contributed by atoms with Crippen molar-refractivity contribution in [2.75, 3.05) is 24.7 Å². The zero-order chi connectivity index (χ0) is 24.5. The average molecular weight is 476 g/mol. The predicted octanol–water partition coefficient (Wildman–Crippen LogP) is 5.04. The third-order valence-electron chi connectivity index (χ3n) is 5.82. The molecule has 10 heteroatoms. The average Bonchev–Trinajstić information content (AvgIpc) is 3.41. The van der Waals surface area contributed by atoms with Crippen LogP contribution in [0.15, 0.2) is 59.4 Å². The van der Waals surface area contributed by atoms with Crippen LogP contribution in [0.2, 0.25) is 0 Å². The Morgan fingerprint density at radius 3 is 2.54 bits per heavy atom. The number of methoxy groups -OCH3 is 1. The number of benzene rings is 2. The fourth-order valence-corrected chi connectivity index (χ4v) is 4.09. The fourth-order valence-electron chi connectivity index (χ4n) is 4.09. The summed E-state index contributed by atoms with van der Waals surface area (Å²) < 4.78 is 41.1. The Kier molecular flexibility index (Phi) is 5.77. The summed E-state index contributed by atoms with van der Waals surface area (Å²) >= 11 is 0. The molecule has 5 rings (SSSR count). The van der Waals surface area contributed by atoms with Crippen LogP contribution in [-0.2, 0) is 6.54 Å². The van der Waals surface area contributed by atoms with Crippen molar-refractivity contribution in [3.05, 3.63) is 72.3 Å².